The first kappa shape index (κ1) is 12.3. The van der Waals surface area contributed by atoms with Gasteiger partial charge in [-0.15, -0.1) is 11.3 Å². The molecule has 1 N–H and O–H groups in total. The van der Waals surface area contributed by atoms with E-state index in [0.717, 1.165) is 18.0 Å². The van der Waals surface area contributed by atoms with E-state index in [9.17, 15) is 0 Å². The van der Waals surface area contributed by atoms with Crippen molar-refractivity contribution in [3.05, 3.63) is 64.1 Å². The van der Waals surface area contributed by atoms with Crippen molar-refractivity contribution in [1.82, 2.24) is 9.88 Å². The highest BCUT2D eigenvalue weighted by Crippen LogP contribution is 2.38. The molecule has 2 aliphatic heterocycles. The number of benzene rings is 1. The fourth-order valence-electron chi connectivity index (χ4n) is 3.21. The molecule has 0 fully saturated rings. The Balaban J connectivity index is 1.63. The van der Waals surface area contributed by atoms with Crippen molar-refractivity contribution >= 4 is 11.3 Å². The van der Waals surface area contributed by atoms with Gasteiger partial charge in [-0.05, 0) is 41.3 Å². The summed E-state index contributed by atoms with van der Waals surface area (Å²) >= 11 is 1.80. The number of hydrogen-bond acceptors (Lipinski definition) is 4. The van der Waals surface area contributed by atoms with Crippen LogP contribution in [0.4, 0.5) is 0 Å². The molecular weight excluding hydrogens is 296 g/mol. The number of nitrogens with zero attached hydrogens (tertiary/aromatic N) is 1. The van der Waals surface area contributed by atoms with Gasteiger partial charge < -0.3 is 14.0 Å². The van der Waals surface area contributed by atoms with Gasteiger partial charge in [-0.3, -0.25) is 5.32 Å². The van der Waals surface area contributed by atoms with Gasteiger partial charge >= 0.3 is 0 Å². The Morgan fingerprint density at radius 3 is 3.09 bits per heavy atom. The van der Waals surface area contributed by atoms with Crippen LogP contribution in [0.1, 0.15) is 22.2 Å². The first-order valence-corrected chi connectivity index (χ1v) is 8.15. The van der Waals surface area contributed by atoms with Gasteiger partial charge in [0, 0.05) is 23.3 Å². The van der Waals surface area contributed by atoms with Crippen molar-refractivity contribution < 1.29 is 9.47 Å². The van der Waals surface area contributed by atoms with Crippen LogP contribution >= 0.6 is 11.3 Å². The van der Waals surface area contributed by atoms with Crippen molar-refractivity contribution in [2.45, 2.75) is 12.6 Å². The fraction of sp³-hybridized carbons (Fsp3) is 0.176. The minimum absolute atomic E-state index is 0.143. The molecule has 0 amide bonds. The number of thiophene rings is 1. The molecule has 5 heteroatoms. The van der Waals surface area contributed by atoms with Crippen LogP contribution < -0.4 is 14.8 Å². The Morgan fingerprint density at radius 1 is 1.14 bits per heavy atom. The summed E-state index contributed by atoms with van der Waals surface area (Å²) in [5.41, 5.74) is 3.72. The first-order valence-electron chi connectivity index (χ1n) is 7.27. The summed E-state index contributed by atoms with van der Waals surface area (Å²) in [6.07, 6.45) is 2.13. The number of rotatable bonds is 1. The molecular formula is C17H14N2O2S. The summed E-state index contributed by atoms with van der Waals surface area (Å²) < 4.78 is 13.2. The average Bonchev–Trinajstić information content (AvgIpc) is 3.25. The maximum atomic E-state index is 5.52. The second-order valence-corrected chi connectivity index (χ2v) is 6.46. The minimum Gasteiger partial charge on any atom is -0.454 e. The molecule has 1 aromatic carbocycles. The monoisotopic (exact) mass is 310 g/mol. The molecule has 0 aliphatic carbocycles. The Hall–Kier alpha value is -2.24. The van der Waals surface area contributed by atoms with Crippen LogP contribution in [0.15, 0.2) is 48.0 Å². The Bertz CT molecular complexity index is 852. The van der Waals surface area contributed by atoms with Crippen molar-refractivity contribution in [1.29, 1.82) is 0 Å². The number of ether oxygens (including phenoxy) is 2. The van der Waals surface area contributed by atoms with E-state index < -0.39 is 0 Å². The molecule has 5 rings (SSSR count). The number of hydrogen-bond donors (Lipinski definition) is 1. The highest BCUT2D eigenvalue weighted by molar-refractivity contribution is 7.10. The van der Waals surface area contributed by atoms with E-state index >= 15 is 0 Å². The average molecular weight is 310 g/mol. The van der Waals surface area contributed by atoms with E-state index in [1.54, 1.807) is 11.3 Å². The second-order valence-electron chi connectivity index (χ2n) is 5.46. The maximum absolute atomic E-state index is 5.52. The molecule has 0 saturated carbocycles. The van der Waals surface area contributed by atoms with E-state index in [0.29, 0.717) is 6.79 Å². The van der Waals surface area contributed by atoms with E-state index in [-0.39, 0.29) is 6.04 Å². The lowest BCUT2D eigenvalue weighted by Gasteiger charge is -2.18. The van der Waals surface area contributed by atoms with Gasteiger partial charge in [0.05, 0.1) is 11.7 Å². The highest BCUT2D eigenvalue weighted by Gasteiger charge is 2.25. The Morgan fingerprint density at radius 2 is 2.09 bits per heavy atom. The van der Waals surface area contributed by atoms with E-state index in [4.69, 9.17) is 9.47 Å². The van der Waals surface area contributed by atoms with Crippen LogP contribution in [0.3, 0.4) is 0 Å². The third kappa shape index (κ3) is 1.73. The predicted molar refractivity (Wildman–Crippen MR) is 84.9 cm³/mol. The standard InChI is InChI=1S/C17H14N2O2S/c1-2-13-17(11-3-4-14-15(8-11)21-10-20-14)18-9-16-12(5-7-22-16)19(13)6-1/h1-8,17-18H,9-10H2. The number of fused-ring (bicyclic) bond motifs is 4. The molecule has 4 nitrogen and oxygen atoms in total. The summed E-state index contributed by atoms with van der Waals surface area (Å²) in [4.78, 5) is 1.36. The van der Waals surface area contributed by atoms with Crippen molar-refractivity contribution in [2.75, 3.05) is 6.79 Å². The van der Waals surface area contributed by atoms with Gasteiger partial charge in [-0.25, -0.2) is 0 Å². The maximum Gasteiger partial charge on any atom is 0.231 e. The van der Waals surface area contributed by atoms with Gasteiger partial charge in [0.1, 0.15) is 0 Å². The normalized spacial score (nSPS) is 18.6. The van der Waals surface area contributed by atoms with Gasteiger partial charge in [0.25, 0.3) is 0 Å². The summed E-state index contributed by atoms with van der Waals surface area (Å²) in [5, 5.41) is 5.82. The summed E-state index contributed by atoms with van der Waals surface area (Å²) in [6, 6.07) is 12.8. The van der Waals surface area contributed by atoms with Crippen LogP contribution in [0.5, 0.6) is 11.5 Å². The van der Waals surface area contributed by atoms with Crippen molar-refractivity contribution in [3.8, 4) is 17.2 Å². The minimum atomic E-state index is 0.143. The van der Waals surface area contributed by atoms with Gasteiger partial charge in [-0.1, -0.05) is 6.07 Å². The molecule has 3 aromatic rings. The van der Waals surface area contributed by atoms with Gasteiger partial charge in [0.2, 0.25) is 6.79 Å². The molecule has 0 saturated heterocycles. The van der Waals surface area contributed by atoms with Gasteiger partial charge in [0.15, 0.2) is 11.5 Å². The molecule has 110 valence electrons. The lowest BCUT2D eigenvalue weighted by atomic mass is 10.0. The van der Waals surface area contributed by atoms with E-state index in [2.05, 4.69) is 51.8 Å². The third-order valence-corrected chi connectivity index (χ3v) is 5.16. The molecule has 22 heavy (non-hydrogen) atoms. The summed E-state index contributed by atoms with van der Waals surface area (Å²) in [6.45, 7) is 1.18. The predicted octanol–water partition coefficient (Wildman–Crippen LogP) is 3.46. The van der Waals surface area contributed by atoms with Crippen LogP contribution in [-0.2, 0) is 6.54 Å². The number of aromatic nitrogens is 1. The molecule has 1 unspecified atom stereocenters. The Kier molecular flexibility index (Phi) is 2.59. The third-order valence-electron chi connectivity index (χ3n) is 4.25. The lowest BCUT2D eigenvalue weighted by molar-refractivity contribution is 0.174. The number of nitrogens with one attached hydrogen (secondary N) is 1. The lowest BCUT2D eigenvalue weighted by Crippen LogP contribution is -2.21. The Labute approximate surface area is 131 Å². The topological polar surface area (TPSA) is 35.4 Å². The summed E-state index contributed by atoms with van der Waals surface area (Å²) in [5.74, 6) is 1.66. The fourth-order valence-corrected chi connectivity index (χ4v) is 4.03. The zero-order valence-electron chi connectivity index (χ0n) is 11.8. The molecule has 4 heterocycles. The molecule has 0 bridgehead atoms. The summed E-state index contributed by atoms with van der Waals surface area (Å²) in [7, 11) is 0. The molecule has 0 radical (unpaired) electrons. The van der Waals surface area contributed by atoms with Crippen LogP contribution in [-0.4, -0.2) is 11.4 Å². The zero-order valence-corrected chi connectivity index (χ0v) is 12.6. The van der Waals surface area contributed by atoms with Gasteiger partial charge in [-0.2, -0.15) is 0 Å². The zero-order chi connectivity index (χ0) is 14.5. The van der Waals surface area contributed by atoms with Crippen LogP contribution in [0.2, 0.25) is 0 Å². The van der Waals surface area contributed by atoms with E-state index in [1.165, 1.54) is 21.8 Å². The van der Waals surface area contributed by atoms with Crippen molar-refractivity contribution in [2.24, 2.45) is 0 Å². The van der Waals surface area contributed by atoms with Crippen LogP contribution in [0, 0.1) is 0 Å². The smallest absolute Gasteiger partial charge is 0.231 e. The second kappa shape index (κ2) is 4.63. The SMILES string of the molecule is c1cc2n(c1)-c1ccsc1CNC2c1ccc2c(c1)OCO2. The quantitative estimate of drug-likeness (QED) is 0.747. The highest BCUT2D eigenvalue weighted by atomic mass is 32.1. The van der Waals surface area contributed by atoms with Crippen molar-refractivity contribution in [3.63, 3.8) is 0 Å². The molecule has 2 aromatic heterocycles. The molecule has 0 spiro atoms. The van der Waals surface area contributed by atoms with E-state index in [1.807, 2.05) is 6.07 Å². The molecule has 1 atom stereocenters. The largest absolute Gasteiger partial charge is 0.454 e. The molecule has 2 aliphatic rings. The first-order chi connectivity index (χ1) is 10.9. The van der Waals surface area contributed by atoms with Crippen LogP contribution in [0.25, 0.3) is 5.69 Å².